The Labute approximate surface area is 126 Å². The molecule has 1 unspecified atom stereocenters. The highest BCUT2D eigenvalue weighted by molar-refractivity contribution is 7.72. The summed E-state index contributed by atoms with van der Waals surface area (Å²) in [6.07, 6.45) is 4.90. The van der Waals surface area contributed by atoms with E-state index in [2.05, 4.69) is 9.88 Å². The fraction of sp³-hybridized carbons (Fsp3) is 0.467. The molecule has 1 aliphatic heterocycles. The number of aromatic amines is 1. The first-order chi connectivity index (χ1) is 10.2. The minimum absolute atomic E-state index is 0.507. The molecular weight excluding hydrogens is 286 g/mol. The van der Waals surface area contributed by atoms with E-state index in [0.29, 0.717) is 6.54 Å². The van der Waals surface area contributed by atoms with Crippen LogP contribution in [-0.2, 0) is 17.1 Å². The number of fused-ring (bicyclic) bond motifs is 1. The van der Waals surface area contributed by atoms with Crippen molar-refractivity contribution < 1.29 is 8.42 Å². The lowest BCUT2D eigenvalue weighted by atomic mass is 10.1. The van der Waals surface area contributed by atoms with E-state index in [1.54, 1.807) is 0 Å². The minimum Gasteiger partial charge on any atom is -0.361 e. The van der Waals surface area contributed by atoms with Gasteiger partial charge < -0.3 is 10.7 Å². The molecule has 0 aliphatic carbocycles. The van der Waals surface area contributed by atoms with Crippen LogP contribution < -0.4 is 5.73 Å². The summed E-state index contributed by atoms with van der Waals surface area (Å²) in [5.41, 5.74) is 8.68. The van der Waals surface area contributed by atoms with Crippen LogP contribution in [0.5, 0.6) is 0 Å². The fourth-order valence-corrected chi connectivity index (χ4v) is 4.07. The number of likely N-dealkylation sites (tertiary alicyclic amines) is 1. The first-order valence-electron chi connectivity index (χ1n) is 7.38. The number of benzene rings is 1. The average molecular weight is 307 g/mol. The predicted octanol–water partition coefficient (Wildman–Crippen LogP) is 1.37. The fourth-order valence-electron chi connectivity index (χ4n) is 3.17. The van der Waals surface area contributed by atoms with Crippen molar-refractivity contribution in [3.8, 4) is 0 Å². The number of H-pyrrole nitrogens is 1. The van der Waals surface area contributed by atoms with Gasteiger partial charge in [0, 0.05) is 17.1 Å². The van der Waals surface area contributed by atoms with Gasteiger partial charge in [-0.15, -0.1) is 0 Å². The molecule has 0 bridgehead atoms. The molecule has 1 aromatic carbocycles. The van der Waals surface area contributed by atoms with E-state index in [1.807, 2.05) is 24.4 Å². The number of hydrogen-bond acceptors (Lipinski definition) is 4. The third kappa shape index (κ3) is 2.84. The molecule has 0 spiro atoms. The van der Waals surface area contributed by atoms with Crippen molar-refractivity contribution in [1.29, 1.82) is 0 Å². The maximum Gasteiger partial charge on any atom is 0.160 e. The molecule has 1 aromatic heterocycles. The van der Waals surface area contributed by atoms with Crippen molar-refractivity contribution in [2.24, 2.45) is 5.73 Å². The summed E-state index contributed by atoms with van der Waals surface area (Å²) in [4.78, 5) is 5.28. The lowest BCUT2D eigenvalue weighted by Gasteiger charge is -2.22. The van der Waals surface area contributed by atoms with Gasteiger partial charge in [-0.3, -0.25) is 4.90 Å². The zero-order valence-electron chi connectivity index (χ0n) is 11.9. The predicted molar refractivity (Wildman–Crippen MR) is 84.9 cm³/mol. The van der Waals surface area contributed by atoms with Crippen molar-refractivity contribution in [2.45, 2.75) is 24.6 Å². The Bertz CT molecular complexity index is 694. The number of nitrogens with zero attached hydrogens (tertiary/aromatic N) is 1. The van der Waals surface area contributed by atoms with Crippen LogP contribution in [0.3, 0.4) is 0 Å². The first kappa shape index (κ1) is 14.6. The molecule has 5 nitrogen and oxygen atoms in total. The largest absolute Gasteiger partial charge is 0.361 e. The number of aromatic nitrogens is 1. The van der Waals surface area contributed by atoms with E-state index < -0.39 is 16.1 Å². The van der Waals surface area contributed by atoms with E-state index >= 15 is 0 Å². The third-order valence-electron chi connectivity index (χ3n) is 4.19. The summed E-state index contributed by atoms with van der Waals surface area (Å²) in [6.45, 7) is 2.30. The number of thiol groups is 1. The van der Waals surface area contributed by atoms with Gasteiger partial charge in [0.05, 0.1) is 0 Å². The van der Waals surface area contributed by atoms with Crippen LogP contribution in [0.1, 0.15) is 29.3 Å². The maximum atomic E-state index is 11.7. The molecule has 0 saturated carbocycles. The Hall–Kier alpha value is -1.37. The Morgan fingerprint density at radius 1 is 1.29 bits per heavy atom. The Morgan fingerprint density at radius 3 is 2.71 bits per heavy atom. The topological polar surface area (TPSA) is 79.2 Å². The molecule has 114 valence electrons. The first-order valence-corrected chi connectivity index (χ1v) is 8.63. The van der Waals surface area contributed by atoms with Crippen LogP contribution >= 0.6 is 0 Å². The highest BCUT2D eigenvalue weighted by Gasteiger charge is 2.26. The van der Waals surface area contributed by atoms with Gasteiger partial charge in [0.2, 0.25) is 0 Å². The molecule has 6 heteroatoms. The van der Waals surface area contributed by atoms with Gasteiger partial charge in [0.25, 0.3) is 0 Å². The van der Waals surface area contributed by atoms with E-state index in [0.717, 1.165) is 54.4 Å². The van der Waals surface area contributed by atoms with Crippen LogP contribution in [0.15, 0.2) is 24.4 Å². The Balaban J connectivity index is 2.02. The molecule has 0 radical (unpaired) electrons. The summed E-state index contributed by atoms with van der Waals surface area (Å²) in [5, 5.41) is 0.575. The van der Waals surface area contributed by atoms with Gasteiger partial charge in [0.15, 0.2) is 10.7 Å². The SMILES string of the molecule is NCCc1c[nH]c2ccc(C(N3CCCC3)[SH](=O)=O)cc12. The lowest BCUT2D eigenvalue weighted by molar-refractivity contribution is 0.312. The second-order valence-corrected chi connectivity index (χ2v) is 6.62. The molecule has 1 saturated heterocycles. The maximum absolute atomic E-state index is 11.7. The zero-order chi connectivity index (χ0) is 14.8. The molecule has 1 aliphatic rings. The summed E-state index contributed by atoms with van der Waals surface area (Å²) in [6, 6.07) is 5.89. The van der Waals surface area contributed by atoms with Crippen LogP contribution in [0.2, 0.25) is 0 Å². The number of nitrogens with one attached hydrogen (secondary N) is 1. The second-order valence-electron chi connectivity index (χ2n) is 5.56. The van der Waals surface area contributed by atoms with Gasteiger partial charge >= 0.3 is 0 Å². The van der Waals surface area contributed by atoms with Gasteiger partial charge in [0.1, 0.15) is 5.37 Å². The highest BCUT2D eigenvalue weighted by atomic mass is 32.2. The highest BCUT2D eigenvalue weighted by Crippen LogP contribution is 2.29. The summed E-state index contributed by atoms with van der Waals surface area (Å²) >= 11 is 0. The zero-order valence-corrected chi connectivity index (χ0v) is 12.8. The molecule has 0 amide bonds. The smallest absolute Gasteiger partial charge is 0.160 e. The normalized spacial score (nSPS) is 17.8. The van der Waals surface area contributed by atoms with E-state index in [-0.39, 0.29) is 0 Å². The van der Waals surface area contributed by atoms with Crippen molar-refractivity contribution in [1.82, 2.24) is 9.88 Å². The van der Waals surface area contributed by atoms with E-state index in [4.69, 9.17) is 5.73 Å². The molecule has 21 heavy (non-hydrogen) atoms. The summed E-state index contributed by atoms with van der Waals surface area (Å²) in [7, 11) is -2.52. The molecule has 1 atom stereocenters. The summed E-state index contributed by atoms with van der Waals surface area (Å²) in [5.74, 6) is 0. The van der Waals surface area contributed by atoms with Gasteiger partial charge in [-0.2, -0.15) is 0 Å². The van der Waals surface area contributed by atoms with Gasteiger partial charge in [-0.25, -0.2) is 8.42 Å². The standard InChI is InChI=1S/C15H21N3O2S/c16-6-5-12-10-17-14-4-3-11(9-13(12)14)15(21(19)20)18-7-1-2-8-18/h3-4,9-10,15,17,21H,1-2,5-8,16H2. The third-order valence-corrected chi connectivity index (χ3v) is 5.21. The molecule has 2 heterocycles. The van der Waals surface area contributed by atoms with E-state index in [1.165, 1.54) is 0 Å². The monoisotopic (exact) mass is 307 g/mol. The van der Waals surface area contributed by atoms with Crippen LogP contribution in [-0.4, -0.2) is 37.9 Å². The molecule has 3 rings (SSSR count). The van der Waals surface area contributed by atoms with Crippen LogP contribution in [0, 0.1) is 0 Å². The number of rotatable bonds is 5. The van der Waals surface area contributed by atoms with Crippen molar-refractivity contribution in [2.75, 3.05) is 19.6 Å². The van der Waals surface area contributed by atoms with Crippen LogP contribution in [0.4, 0.5) is 0 Å². The van der Waals surface area contributed by atoms with Crippen molar-refractivity contribution in [3.63, 3.8) is 0 Å². The molecule has 3 N–H and O–H groups in total. The van der Waals surface area contributed by atoms with Gasteiger partial charge in [-0.1, -0.05) is 6.07 Å². The molecular formula is C15H21N3O2S. The quantitative estimate of drug-likeness (QED) is 0.729. The lowest BCUT2D eigenvalue weighted by Crippen LogP contribution is -2.26. The minimum atomic E-state index is -2.52. The Morgan fingerprint density at radius 2 is 2.05 bits per heavy atom. The average Bonchev–Trinajstić information content (AvgIpc) is 3.10. The summed E-state index contributed by atoms with van der Waals surface area (Å²) < 4.78 is 23.5. The molecule has 1 fully saturated rings. The van der Waals surface area contributed by atoms with Gasteiger partial charge in [-0.05, 0) is 62.2 Å². The van der Waals surface area contributed by atoms with Crippen molar-refractivity contribution in [3.05, 3.63) is 35.5 Å². The number of hydrogen-bond donors (Lipinski definition) is 3. The second kappa shape index (κ2) is 6.17. The van der Waals surface area contributed by atoms with Crippen LogP contribution in [0.25, 0.3) is 10.9 Å². The van der Waals surface area contributed by atoms with E-state index in [9.17, 15) is 8.42 Å². The Kier molecular flexibility index (Phi) is 4.28. The van der Waals surface area contributed by atoms with Crippen molar-refractivity contribution >= 4 is 21.6 Å². The number of nitrogens with two attached hydrogens (primary N) is 1. The molecule has 2 aromatic rings.